The van der Waals surface area contributed by atoms with E-state index in [4.69, 9.17) is 5.73 Å². The molecule has 1 aromatic heterocycles. The maximum Gasteiger partial charge on any atom is 0.0435 e. The average molecular weight is 272 g/mol. The van der Waals surface area contributed by atoms with E-state index in [0.29, 0.717) is 6.04 Å². The second kappa shape index (κ2) is 3.32. The number of nitrogens with two attached hydrogens (primary N) is 1. The van der Waals surface area contributed by atoms with Crippen LogP contribution in [0.2, 0.25) is 0 Å². The van der Waals surface area contributed by atoms with Gasteiger partial charge in [0.25, 0.3) is 0 Å². The van der Waals surface area contributed by atoms with E-state index < -0.39 is 0 Å². The Kier molecular flexibility index (Phi) is 2.22. The predicted octanol–water partition coefficient (Wildman–Crippen LogP) is 3.56. The Hall–Kier alpha value is 0.140. The van der Waals surface area contributed by atoms with E-state index in [9.17, 15) is 0 Å². The van der Waals surface area contributed by atoms with E-state index in [-0.39, 0.29) is 0 Å². The van der Waals surface area contributed by atoms with E-state index in [2.05, 4.69) is 27.4 Å². The Morgan fingerprint density at radius 3 is 2.71 bits per heavy atom. The fraction of sp³-hybridized carbons (Fsp3) is 0.636. The van der Waals surface area contributed by atoms with Gasteiger partial charge in [0, 0.05) is 15.4 Å². The summed E-state index contributed by atoms with van der Waals surface area (Å²) in [5.74, 6) is 2.71. The molecule has 0 spiro atoms. The molecule has 0 bridgehead atoms. The third-order valence-electron chi connectivity index (χ3n) is 3.83. The van der Waals surface area contributed by atoms with E-state index >= 15 is 0 Å². The minimum absolute atomic E-state index is 0.291. The lowest BCUT2D eigenvalue weighted by Crippen LogP contribution is -2.14. The number of fused-ring (bicyclic) bond motifs is 1. The van der Waals surface area contributed by atoms with Gasteiger partial charge in [-0.1, -0.05) is 6.42 Å². The van der Waals surface area contributed by atoms with Crippen LogP contribution in [0.25, 0.3) is 0 Å². The van der Waals surface area contributed by atoms with Crippen LogP contribution < -0.4 is 5.73 Å². The lowest BCUT2D eigenvalue weighted by Gasteiger charge is -2.12. The molecule has 14 heavy (non-hydrogen) atoms. The molecule has 1 heterocycles. The van der Waals surface area contributed by atoms with Crippen LogP contribution in [-0.2, 0) is 0 Å². The molecule has 2 saturated carbocycles. The number of rotatable bonds is 2. The maximum atomic E-state index is 6.32. The lowest BCUT2D eigenvalue weighted by atomic mass is 10.0. The Labute approximate surface area is 96.8 Å². The molecule has 0 radical (unpaired) electrons. The van der Waals surface area contributed by atoms with Crippen LogP contribution in [0.4, 0.5) is 0 Å². The first kappa shape index (κ1) is 9.37. The summed E-state index contributed by atoms with van der Waals surface area (Å²) in [4.78, 5) is 1.35. The second-order valence-corrected chi connectivity index (χ2v) is 6.30. The summed E-state index contributed by atoms with van der Waals surface area (Å²) in [6, 6.07) is 2.40. The zero-order valence-electron chi connectivity index (χ0n) is 7.95. The molecule has 2 fully saturated rings. The normalized spacial score (nSPS) is 36.9. The molecular weight excluding hydrogens is 258 g/mol. The zero-order chi connectivity index (χ0) is 9.71. The standard InChI is InChI=1S/C11H14BrNS/c12-8-4-5-14-11(8)10(13)9-6-2-1-3-7(6)9/h4-7,9-10H,1-3,13H2. The summed E-state index contributed by atoms with van der Waals surface area (Å²) >= 11 is 5.37. The molecule has 1 nitrogen and oxygen atoms in total. The van der Waals surface area contributed by atoms with E-state index in [1.165, 1.54) is 28.6 Å². The fourth-order valence-electron chi connectivity index (χ4n) is 3.13. The van der Waals surface area contributed by atoms with Crippen LogP contribution in [0.5, 0.6) is 0 Å². The fourth-order valence-corrected chi connectivity index (χ4v) is 4.83. The highest BCUT2D eigenvalue weighted by atomic mass is 79.9. The number of hydrogen-bond acceptors (Lipinski definition) is 2. The Balaban J connectivity index is 1.78. The van der Waals surface area contributed by atoms with Crippen molar-refractivity contribution in [2.75, 3.05) is 0 Å². The van der Waals surface area contributed by atoms with Crippen LogP contribution >= 0.6 is 27.3 Å². The van der Waals surface area contributed by atoms with Gasteiger partial charge in [0.05, 0.1) is 0 Å². The van der Waals surface area contributed by atoms with Crippen molar-refractivity contribution in [3.8, 4) is 0 Å². The molecule has 3 atom stereocenters. The van der Waals surface area contributed by atoms with Crippen molar-refractivity contribution in [3.63, 3.8) is 0 Å². The largest absolute Gasteiger partial charge is 0.323 e. The number of hydrogen-bond donors (Lipinski definition) is 1. The number of halogens is 1. The average Bonchev–Trinajstić information content (AvgIpc) is 2.57. The first-order chi connectivity index (χ1) is 6.79. The van der Waals surface area contributed by atoms with Crippen molar-refractivity contribution in [1.29, 1.82) is 0 Å². The van der Waals surface area contributed by atoms with Crippen molar-refractivity contribution in [2.45, 2.75) is 25.3 Å². The topological polar surface area (TPSA) is 26.0 Å². The van der Waals surface area contributed by atoms with Crippen molar-refractivity contribution in [2.24, 2.45) is 23.5 Å². The Morgan fingerprint density at radius 1 is 1.43 bits per heavy atom. The molecule has 2 aliphatic carbocycles. The van der Waals surface area contributed by atoms with Crippen LogP contribution in [0.3, 0.4) is 0 Å². The van der Waals surface area contributed by atoms with Gasteiger partial charge in [-0.15, -0.1) is 11.3 Å². The summed E-state index contributed by atoms with van der Waals surface area (Å²) in [6.45, 7) is 0. The van der Waals surface area contributed by atoms with Crippen molar-refractivity contribution in [1.82, 2.24) is 0 Å². The van der Waals surface area contributed by atoms with Crippen LogP contribution in [0, 0.1) is 17.8 Å². The summed E-state index contributed by atoms with van der Waals surface area (Å²) < 4.78 is 1.21. The molecule has 3 heteroatoms. The molecule has 0 amide bonds. The quantitative estimate of drug-likeness (QED) is 0.875. The van der Waals surface area contributed by atoms with E-state index in [1.54, 1.807) is 11.3 Å². The highest BCUT2D eigenvalue weighted by Gasteiger charge is 2.55. The van der Waals surface area contributed by atoms with Crippen LogP contribution in [-0.4, -0.2) is 0 Å². The summed E-state index contributed by atoms with van der Waals surface area (Å²) in [7, 11) is 0. The highest BCUT2D eigenvalue weighted by molar-refractivity contribution is 9.10. The molecule has 3 rings (SSSR count). The van der Waals surface area contributed by atoms with Crippen molar-refractivity contribution in [3.05, 3.63) is 20.8 Å². The molecule has 3 unspecified atom stereocenters. The third kappa shape index (κ3) is 1.29. The van der Waals surface area contributed by atoms with Gasteiger partial charge in [0.15, 0.2) is 0 Å². The molecule has 1 aromatic rings. The van der Waals surface area contributed by atoms with Gasteiger partial charge in [0.2, 0.25) is 0 Å². The molecule has 2 N–H and O–H groups in total. The summed E-state index contributed by atoms with van der Waals surface area (Å²) in [6.07, 6.45) is 4.28. The summed E-state index contributed by atoms with van der Waals surface area (Å²) in [5.41, 5.74) is 6.32. The van der Waals surface area contributed by atoms with Crippen molar-refractivity contribution < 1.29 is 0 Å². The van der Waals surface area contributed by atoms with Gasteiger partial charge in [-0.25, -0.2) is 0 Å². The minimum Gasteiger partial charge on any atom is -0.323 e. The van der Waals surface area contributed by atoms with Gasteiger partial charge in [-0.05, 0) is 58.0 Å². The first-order valence-electron chi connectivity index (χ1n) is 5.27. The van der Waals surface area contributed by atoms with Gasteiger partial charge in [-0.3, -0.25) is 0 Å². The van der Waals surface area contributed by atoms with Gasteiger partial charge >= 0.3 is 0 Å². The Morgan fingerprint density at radius 2 is 2.14 bits per heavy atom. The minimum atomic E-state index is 0.291. The molecule has 2 aliphatic rings. The molecule has 0 saturated heterocycles. The van der Waals surface area contributed by atoms with Gasteiger partial charge < -0.3 is 5.73 Å². The SMILES string of the molecule is NC(c1sccc1Br)C1C2CCCC21. The van der Waals surface area contributed by atoms with E-state index in [1.807, 2.05) is 0 Å². The monoisotopic (exact) mass is 271 g/mol. The van der Waals surface area contributed by atoms with E-state index in [0.717, 1.165) is 17.8 Å². The molecule has 0 aliphatic heterocycles. The lowest BCUT2D eigenvalue weighted by molar-refractivity contribution is 0.506. The zero-order valence-corrected chi connectivity index (χ0v) is 10.4. The molecule has 0 aromatic carbocycles. The predicted molar refractivity (Wildman–Crippen MR) is 63.3 cm³/mol. The van der Waals surface area contributed by atoms with Crippen LogP contribution in [0.1, 0.15) is 30.2 Å². The smallest absolute Gasteiger partial charge is 0.0435 e. The van der Waals surface area contributed by atoms with Crippen molar-refractivity contribution >= 4 is 27.3 Å². The van der Waals surface area contributed by atoms with Gasteiger partial charge in [0.1, 0.15) is 0 Å². The number of thiophene rings is 1. The molecule has 76 valence electrons. The van der Waals surface area contributed by atoms with Gasteiger partial charge in [-0.2, -0.15) is 0 Å². The van der Waals surface area contributed by atoms with Crippen LogP contribution in [0.15, 0.2) is 15.9 Å². The summed E-state index contributed by atoms with van der Waals surface area (Å²) in [5, 5.41) is 2.12. The Bertz CT molecular complexity index is 339. The highest BCUT2D eigenvalue weighted by Crippen LogP contribution is 2.62. The second-order valence-electron chi connectivity index (χ2n) is 4.49. The first-order valence-corrected chi connectivity index (χ1v) is 6.95. The maximum absolute atomic E-state index is 6.32. The molecular formula is C11H14BrNS. The third-order valence-corrected chi connectivity index (χ3v) is 5.81.